The van der Waals surface area contributed by atoms with E-state index in [1.54, 1.807) is 0 Å². The number of hydrogen-bond acceptors (Lipinski definition) is 3. The second-order valence-corrected chi connectivity index (χ2v) is 9.49. The highest BCUT2D eigenvalue weighted by Gasteiger charge is 2.48. The van der Waals surface area contributed by atoms with Crippen LogP contribution in [0.15, 0.2) is 54.6 Å². The first-order valence-electron chi connectivity index (χ1n) is 13.2. The number of benzene rings is 2. The summed E-state index contributed by atoms with van der Waals surface area (Å²) in [6.45, 7) is 19.1. The van der Waals surface area contributed by atoms with E-state index >= 15 is 0 Å². The summed E-state index contributed by atoms with van der Waals surface area (Å²) in [5.41, 5.74) is 4.10. The molecule has 0 saturated heterocycles. The summed E-state index contributed by atoms with van der Waals surface area (Å²) in [4.78, 5) is 7.60. The van der Waals surface area contributed by atoms with E-state index in [4.69, 9.17) is 0 Å². The fourth-order valence-corrected chi connectivity index (χ4v) is 4.79. The van der Waals surface area contributed by atoms with Crippen molar-refractivity contribution in [2.75, 3.05) is 30.4 Å². The molecule has 1 atom stereocenters. The first-order chi connectivity index (χ1) is 15.8. The maximum atomic E-state index is 2.62. The Balaban J connectivity index is 0.00000101. The van der Waals surface area contributed by atoms with Crippen molar-refractivity contribution >= 4 is 18.4 Å². The zero-order valence-corrected chi connectivity index (χ0v) is 23.2. The Hall–Kier alpha value is -1.94. The number of rotatable bonds is 8. The zero-order valence-electron chi connectivity index (χ0n) is 23.2. The van der Waals surface area contributed by atoms with Crippen molar-refractivity contribution in [2.24, 2.45) is 0 Å². The van der Waals surface area contributed by atoms with Gasteiger partial charge in [-0.3, -0.25) is 0 Å². The molecule has 1 aliphatic heterocycles. The topological polar surface area (TPSA) is 9.72 Å². The third kappa shape index (κ3) is 7.02. The standard InChI is InChI=1S/C24H36BN3.C3H8.C2H6/c1-7-8-14-19-26(5)25(4)28(20-15-10-9-11-16-20)23-24(2,3)21-17-12-13-18-22(21)27(23)6;1-3-2;1-2/h9-13,15-18,23H,7-8,14,19H2,1-6H3;3H2,1-2H3;1-2H3. The first kappa shape index (κ1) is 29.1. The predicted octanol–water partition coefficient (Wildman–Crippen LogP) is 7.93. The number of likely N-dealkylation sites (N-methyl/N-ethyl adjacent to an activating group) is 1. The molecule has 0 aliphatic carbocycles. The van der Waals surface area contributed by atoms with Crippen molar-refractivity contribution in [1.29, 1.82) is 0 Å². The molecule has 0 N–H and O–H groups in total. The first-order valence-corrected chi connectivity index (χ1v) is 13.2. The smallest absolute Gasteiger partial charge is 0.341 e. The fraction of sp³-hybridized carbons (Fsp3) is 0.586. The van der Waals surface area contributed by atoms with Crippen molar-refractivity contribution in [3.05, 3.63) is 60.2 Å². The van der Waals surface area contributed by atoms with Crippen LogP contribution in [0.1, 0.15) is 79.7 Å². The van der Waals surface area contributed by atoms with Gasteiger partial charge in [-0.15, -0.1) is 0 Å². The number of unbranched alkanes of at least 4 members (excludes halogenated alkanes) is 2. The molecule has 0 fully saturated rings. The van der Waals surface area contributed by atoms with E-state index in [0.29, 0.717) is 6.98 Å². The van der Waals surface area contributed by atoms with E-state index in [9.17, 15) is 0 Å². The molecule has 2 aromatic carbocycles. The van der Waals surface area contributed by atoms with E-state index < -0.39 is 0 Å². The van der Waals surface area contributed by atoms with Gasteiger partial charge in [-0.2, -0.15) is 0 Å². The average molecular weight is 452 g/mol. The van der Waals surface area contributed by atoms with Gasteiger partial charge in [-0.25, -0.2) is 0 Å². The van der Waals surface area contributed by atoms with Crippen molar-refractivity contribution in [3.63, 3.8) is 0 Å². The quantitative estimate of drug-likeness (QED) is 0.298. The molecule has 1 unspecified atom stereocenters. The van der Waals surface area contributed by atoms with Gasteiger partial charge >= 0.3 is 6.98 Å². The van der Waals surface area contributed by atoms with E-state index in [0.717, 1.165) is 6.54 Å². The Kier molecular flexibility index (Phi) is 12.7. The highest BCUT2D eigenvalue weighted by atomic mass is 15.4. The Morgan fingerprint density at radius 3 is 2.00 bits per heavy atom. The molecule has 0 saturated carbocycles. The van der Waals surface area contributed by atoms with Crippen LogP contribution < -0.4 is 9.71 Å². The number of anilines is 2. The molecule has 2 aromatic rings. The predicted molar refractivity (Wildman–Crippen MR) is 152 cm³/mol. The van der Waals surface area contributed by atoms with Gasteiger partial charge in [-0.05, 0) is 50.6 Å². The molecule has 33 heavy (non-hydrogen) atoms. The Labute approximate surface area is 206 Å². The molecule has 0 bridgehead atoms. The van der Waals surface area contributed by atoms with Crippen LogP contribution in [0.2, 0.25) is 6.82 Å². The number of hydrogen-bond donors (Lipinski definition) is 0. The third-order valence-electron chi connectivity index (χ3n) is 6.46. The zero-order chi connectivity index (χ0) is 25.0. The number of para-hydroxylation sites is 2. The van der Waals surface area contributed by atoms with E-state index in [1.165, 1.54) is 42.6 Å². The summed E-state index contributed by atoms with van der Waals surface area (Å²) in [5.74, 6) is 0. The van der Waals surface area contributed by atoms with E-state index in [2.05, 4.69) is 125 Å². The molecule has 0 radical (unpaired) electrons. The maximum Gasteiger partial charge on any atom is 0.341 e. The molecule has 1 heterocycles. The van der Waals surface area contributed by atoms with Gasteiger partial charge in [0, 0.05) is 23.8 Å². The van der Waals surface area contributed by atoms with Gasteiger partial charge in [0.2, 0.25) is 0 Å². The Morgan fingerprint density at radius 2 is 1.45 bits per heavy atom. The lowest BCUT2D eigenvalue weighted by molar-refractivity contribution is 0.420. The van der Waals surface area contributed by atoms with Gasteiger partial charge < -0.3 is 14.5 Å². The summed E-state index contributed by atoms with van der Waals surface area (Å²) in [6, 6.07) is 19.8. The highest BCUT2D eigenvalue weighted by molar-refractivity contribution is 6.59. The van der Waals surface area contributed by atoms with Gasteiger partial charge in [0.25, 0.3) is 0 Å². The van der Waals surface area contributed by atoms with Crippen LogP contribution in [0.5, 0.6) is 0 Å². The molecule has 0 aromatic heterocycles. The molecule has 3 rings (SSSR count). The lowest BCUT2D eigenvalue weighted by atomic mass is 9.70. The van der Waals surface area contributed by atoms with Gasteiger partial charge in [-0.1, -0.05) is 104 Å². The molecular weight excluding hydrogens is 401 g/mol. The van der Waals surface area contributed by atoms with Crippen molar-refractivity contribution in [1.82, 2.24) is 4.81 Å². The molecule has 0 spiro atoms. The van der Waals surface area contributed by atoms with Crippen LogP contribution in [-0.2, 0) is 5.41 Å². The molecular formula is C29H50BN3. The van der Waals surface area contributed by atoms with Crippen LogP contribution in [-0.4, -0.2) is 38.6 Å². The fourth-order valence-electron chi connectivity index (χ4n) is 4.79. The van der Waals surface area contributed by atoms with Crippen LogP contribution in [0, 0.1) is 0 Å². The molecule has 1 aliphatic rings. The summed E-state index contributed by atoms with van der Waals surface area (Å²) in [5, 5.41) is 0. The Bertz CT molecular complexity index is 777. The average Bonchev–Trinajstić information content (AvgIpc) is 3.03. The summed E-state index contributed by atoms with van der Waals surface area (Å²) < 4.78 is 0. The van der Waals surface area contributed by atoms with Crippen LogP contribution in [0.25, 0.3) is 0 Å². The normalized spacial score (nSPS) is 15.7. The minimum absolute atomic E-state index is 0.0275. The van der Waals surface area contributed by atoms with Crippen molar-refractivity contribution < 1.29 is 0 Å². The maximum absolute atomic E-state index is 2.62. The third-order valence-corrected chi connectivity index (χ3v) is 6.46. The van der Waals surface area contributed by atoms with E-state index in [-0.39, 0.29) is 11.6 Å². The Morgan fingerprint density at radius 1 is 0.909 bits per heavy atom. The molecule has 184 valence electrons. The summed E-state index contributed by atoms with van der Waals surface area (Å²) in [6.07, 6.45) is 5.32. The summed E-state index contributed by atoms with van der Waals surface area (Å²) >= 11 is 0. The summed E-state index contributed by atoms with van der Waals surface area (Å²) in [7, 11) is 4.52. The van der Waals surface area contributed by atoms with Gasteiger partial charge in [0.05, 0.1) is 0 Å². The molecule has 4 heteroatoms. The van der Waals surface area contributed by atoms with Gasteiger partial charge in [0.1, 0.15) is 6.17 Å². The van der Waals surface area contributed by atoms with E-state index in [1.807, 2.05) is 13.8 Å². The van der Waals surface area contributed by atoms with Crippen LogP contribution in [0.3, 0.4) is 0 Å². The van der Waals surface area contributed by atoms with Crippen LogP contribution >= 0.6 is 0 Å². The lowest BCUT2D eigenvalue weighted by Gasteiger charge is -2.47. The second kappa shape index (κ2) is 14.4. The second-order valence-electron chi connectivity index (χ2n) is 9.49. The molecule has 3 nitrogen and oxygen atoms in total. The highest BCUT2D eigenvalue weighted by Crippen LogP contribution is 2.46. The minimum Gasteiger partial charge on any atom is -0.381 e. The number of fused-ring (bicyclic) bond motifs is 1. The lowest BCUT2D eigenvalue weighted by Crippen LogP contribution is -2.62. The van der Waals surface area contributed by atoms with Crippen LogP contribution in [0.4, 0.5) is 11.4 Å². The molecule has 0 amide bonds. The largest absolute Gasteiger partial charge is 0.381 e. The number of nitrogens with zero attached hydrogens (tertiary/aromatic N) is 3. The van der Waals surface area contributed by atoms with Crippen molar-refractivity contribution in [2.45, 2.75) is 92.6 Å². The van der Waals surface area contributed by atoms with Crippen molar-refractivity contribution in [3.8, 4) is 0 Å². The minimum atomic E-state index is 0.0275. The monoisotopic (exact) mass is 451 g/mol. The van der Waals surface area contributed by atoms with Gasteiger partial charge in [0.15, 0.2) is 0 Å². The SMILES string of the molecule is CC.CCC.CCCCCN(C)B(C)N(c1ccccc1)C1N(C)c2ccccc2C1(C)C.